The van der Waals surface area contributed by atoms with Crippen LogP contribution >= 0.6 is 0 Å². The Morgan fingerprint density at radius 1 is 1.50 bits per heavy atom. The largest absolute Gasteiger partial charge is 0.328 e. The molecule has 0 amide bonds. The summed E-state index contributed by atoms with van der Waals surface area (Å²) < 4.78 is 14.7. The summed E-state index contributed by atoms with van der Waals surface area (Å²) >= 11 is 0. The zero-order valence-corrected chi connectivity index (χ0v) is 8.97. The molecule has 1 aromatic carbocycles. The molecule has 4 nitrogen and oxygen atoms in total. The third-order valence-corrected chi connectivity index (χ3v) is 2.20. The third-order valence-electron chi connectivity index (χ3n) is 2.20. The van der Waals surface area contributed by atoms with Crippen LogP contribution < -0.4 is 5.73 Å². The minimum Gasteiger partial charge on any atom is -0.328 e. The van der Waals surface area contributed by atoms with Crippen molar-refractivity contribution in [3.05, 3.63) is 42.0 Å². The van der Waals surface area contributed by atoms with Crippen molar-refractivity contribution in [2.45, 2.75) is 19.4 Å². The van der Waals surface area contributed by atoms with Crippen LogP contribution in [0.25, 0.3) is 5.69 Å². The molecule has 0 spiro atoms. The Morgan fingerprint density at radius 2 is 2.31 bits per heavy atom. The molecular formula is C11H13FN4. The first kappa shape index (κ1) is 10.8. The van der Waals surface area contributed by atoms with Gasteiger partial charge in [-0.05, 0) is 25.1 Å². The van der Waals surface area contributed by atoms with Crippen molar-refractivity contribution in [3.8, 4) is 5.69 Å². The van der Waals surface area contributed by atoms with Gasteiger partial charge in [0.05, 0.1) is 17.6 Å². The second kappa shape index (κ2) is 4.40. The predicted octanol–water partition coefficient (Wildman–Crippen LogP) is 1.30. The summed E-state index contributed by atoms with van der Waals surface area (Å²) in [5.74, 6) is -0.292. The molecule has 1 heterocycles. The Morgan fingerprint density at radius 3 is 3.00 bits per heavy atom. The van der Waals surface area contributed by atoms with Gasteiger partial charge in [0.2, 0.25) is 0 Å². The lowest BCUT2D eigenvalue weighted by Crippen LogP contribution is -2.19. The highest BCUT2D eigenvalue weighted by atomic mass is 19.1. The molecule has 0 aliphatic rings. The molecule has 5 heteroatoms. The van der Waals surface area contributed by atoms with Crippen LogP contribution in [0.2, 0.25) is 0 Å². The number of aromatic nitrogens is 3. The van der Waals surface area contributed by atoms with E-state index in [9.17, 15) is 4.39 Å². The minimum atomic E-state index is -0.292. The maximum atomic E-state index is 13.1. The number of hydrogen-bond donors (Lipinski definition) is 1. The van der Waals surface area contributed by atoms with E-state index in [2.05, 4.69) is 10.3 Å². The van der Waals surface area contributed by atoms with E-state index in [1.54, 1.807) is 23.0 Å². The van der Waals surface area contributed by atoms with Gasteiger partial charge in [-0.2, -0.15) is 0 Å². The molecule has 0 fully saturated rings. The molecule has 0 aliphatic carbocycles. The highest BCUT2D eigenvalue weighted by Crippen LogP contribution is 2.11. The molecule has 1 unspecified atom stereocenters. The lowest BCUT2D eigenvalue weighted by atomic mass is 10.2. The lowest BCUT2D eigenvalue weighted by molar-refractivity contribution is 0.622. The molecule has 0 saturated carbocycles. The summed E-state index contributed by atoms with van der Waals surface area (Å²) in [7, 11) is 0. The van der Waals surface area contributed by atoms with Crippen LogP contribution in [0.5, 0.6) is 0 Å². The normalized spacial score (nSPS) is 12.7. The quantitative estimate of drug-likeness (QED) is 0.848. The third kappa shape index (κ3) is 2.25. The average Bonchev–Trinajstić information content (AvgIpc) is 2.65. The second-order valence-electron chi connectivity index (χ2n) is 3.80. The van der Waals surface area contributed by atoms with Crippen LogP contribution in [0.15, 0.2) is 30.5 Å². The van der Waals surface area contributed by atoms with Gasteiger partial charge in [-0.3, -0.25) is 0 Å². The van der Waals surface area contributed by atoms with E-state index in [1.807, 2.05) is 6.92 Å². The fourth-order valence-electron chi connectivity index (χ4n) is 1.55. The SMILES string of the molecule is CC(N)Cc1cnnn1-c1cccc(F)c1. The summed E-state index contributed by atoms with van der Waals surface area (Å²) in [6.07, 6.45) is 2.30. The Bertz CT molecular complexity index is 478. The van der Waals surface area contributed by atoms with Gasteiger partial charge < -0.3 is 5.73 Å². The predicted molar refractivity (Wildman–Crippen MR) is 58.7 cm³/mol. The molecule has 16 heavy (non-hydrogen) atoms. The van der Waals surface area contributed by atoms with Gasteiger partial charge in [-0.25, -0.2) is 9.07 Å². The van der Waals surface area contributed by atoms with Gasteiger partial charge in [-0.15, -0.1) is 5.10 Å². The van der Waals surface area contributed by atoms with Crippen LogP contribution in [-0.2, 0) is 6.42 Å². The monoisotopic (exact) mass is 220 g/mol. The van der Waals surface area contributed by atoms with Crippen LogP contribution in [0.1, 0.15) is 12.6 Å². The number of benzene rings is 1. The Labute approximate surface area is 92.9 Å². The van der Waals surface area contributed by atoms with E-state index in [0.717, 1.165) is 5.69 Å². The Hall–Kier alpha value is -1.75. The summed E-state index contributed by atoms with van der Waals surface area (Å²) in [4.78, 5) is 0. The zero-order valence-electron chi connectivity index (χ0n) is 8.97. The van der Waals surface area contributed by atoms with E-state index in [0.29, 0.717) is 12.1 Å². The van der Waals surface area contributed by atoms with Gasteiger partial charge in [0, 0.05) is 12.5 Å². The zero-order chi connectivity index (χ0) is 11.5. The van der Waals surface area contributed by atoms with E-state index in [4.69, 9.17) is 5.73 Å². The molecule has 0 saturated heterocycles. The van der Waals surface area contributed by atoms with Crippen molar-refractivity contribution in [2.24, 2.45) is 5.73 Å². The number of halogens is 1. The molecular weight excluding hydrogens is 207 g/mol. The molecule has 2 N–H and O–H groups in total. The molecule has 0 radical (unpaired) electrons. The molecule has 0 aliphatic heterocycles. The van der Waals surface area contributed by atoms with Crippen molar-refractivity contribution >= 4 is 0 Å². The molecule has 2 rings (SSSR count). The molecule has 1 atom stereocenters. The number of nitrogens with zero attached hydrogens (tertiary/aromatic N) is 3. The van der Waals surface area contributed by atoms with E-state index in [-0.39, 0.29) is 11.9 Å². The fourth-order valence-corrected chi connectivity index (χ4v) is 1.55. The van der Waals surface area contributed by atoms with E-state index in [1.165, 1.54) is 12.1 Å². The number of hydrogen-bond acceptors (Lipinski definition) is 3. The molecule has 1 aromatic heterocycles. The lowest BCUT2D eigenvalue weighted by Gasteiger charge is -2.07. The average molecular weight is 220 g/mol. The van der Waals surface area contributed by atoms with Gasteiger partial charge >= 0.3 is 0 Å². The van der Waals surface area contributed by atoms with Gasteiger partial charge in [0.25, 0.3) is 0 Å². The van der Waals surface area contributed by atoms with Gasteiger partial charge in [0.1, 0.15) is 5.82 Å². The van der Waals surface area contributed by atoms with Crippen molar-refractivity contribution < 1.29 is 4.39 Å². The van der Waals surface area contributed by atoms with Gasteiger partial charge in [0.15, 0.2) is 0 Å². The van der Waals surface area contributed by atoms with E-state index < -0.39 is 0 Å². The first-order valence-electron chi connectivity index (χ1n) is 5.08. The van der Waals surface area contributed by atoms with Crippen molar-refractivity contribution in [2.75, 3.05) is 0 Å². The Kier molecular flexibility index (Phi) is 2.96. The molecule has 0 bridgehead atoms. The van der Waals surface area contributed by atoms with E-state index >= 15 is 0 Å². The van der Waals surface area contributed by atoms with Crippen LogP contribution in [0.3, 0.4) is 0 Å². The first-order valence-corrected chi connectivity index (χ1v) is 5.08. The summed E-state index contributed by atoms with van der Waals surface area (Å²) in [5.41, 5.74) is 7.25. The summed E-state index contributed by atoms with van der Waals surface area (Å²) in [5, 5.41) is 7.74. The molecule has 84 valence electrons. The first-order chi connectivity index (χ1) is 7.66. The van der Waals surface area contributed by atoms with Crippen molar-refractivity contribution in [3.63, 3.8) is 0 Å². The second-order valence-corrected chi connectivity index (χ2v) is 3.80. The minimum absolute atomic E-state index is 0.0193. The number of rotatable bonds is 3. The van der Waals surface area contributed by atoms with Crippen molar-refractivity contribution in [1.82, 2.24) is 15.0 Å². The topological polar surface area (TPSA) is 56.7 Å². The fraction of sp³-hybridized carbons (Fsp3) is 0.273. The maximum Gasteiger partial charge on any atom is 0.125 e. The van der Waals surface area contributed by atoms with Crippen LogP contribution in [0, 0.1) is 5.82 Å². The Balaban J connectivity index is 2.37. The van der Waals surface area contributed by atoms with Gasteiger partial charge in [-0.1, -0.05) is 11.3 Å². The van der Waals surface area contributed by atoms with Crippen LogP contribution in [-0.4, -0.2) is 21.0 Å². The maximum absolute atomic E-state index is 13.1. The smallest absolute Gasteiger partial charge is 0.125 e. The number of nitrogens with two attached hydrogens (primary N) is 1. The van der Waals surface area contributed by atoms with Crippen molar-refractivity contribution in [1.29, 1.82) is 0 Å². The molecule has 2 aromatic rings. The summed E-state index contributed by atoms with van der Waals surface area (Å²) in [6, 6.07) is 6.25. The highest BCUT2D eigenvalue weighted by molar-refractivity contribution is 5.32. The highest BCUT2D eigenvalue weighted by Gasteiger charge is 2.08. The summed E-state index contributed by atoms with van der Waals surface area (Å²) in [6.45, 7) is 1.91. The van der Waals surface area contributed by atoms with Crippen LogP contribution in [0.4, 0.5) is 4.39 Å². The standard InChI is InChI=1S/C11H13FN4/c1-8(13)5-11-7-14-15-16(11)10-4-2-3-9(12)6-10/h2-4,6-8H,5,13H2,1H3.